The van der Waals surface area contributed by atoms with Crippen LogP contribution in [0.3, 0.4) is 0 Å². The fourth-order valence-corrected chi connectivity index (χ4v) is 4.12. The van der Waals surface area contributed by atoms with Crippen molar-refractivity contribution in [2.24, 2.45) is 5.92 Å². The molecule has 0 aliphatic carbocycles. The van der Waals surface area contributed by atoms with Gasteiger partial charge >= 0.3 is 0 Å². The van der Waals surface area contributed by atoms with Gasteiger partial charge in [-0.1, -0.05) is 48.0 Å². The maximum absolute atomic E-state index is 12.8. The minimum atomic E-state index is -3.73. The summed E-state index contributed by atoms with van der Waals surface area (Å²) < 4.78 is 34.1. The van der Waals surface area contributed by atoms with E-state index in [1.54, 1.807) is 54.6 Å². The number of benzene rings is 3. The second-order valence-electron chi connectivity index (χ2n) is 7.30. The van der Waals surface area contributed by atoms with Crippen LogP contribution in [0.25, 0.3) is 0 Å². The number of hydrogen-bond donors (Lipinski definition) is 2. The molecule has 6 nitrogen and oxygen atoms in total. The standard InChI is InChI=1S/C23H23BrN2O4S/c1-16(2)15-30-22-13-8-17(24)14-21(22)23(27)25-18-9-11-20(12-10-18)31(28,29)26-19-6-4-3-5-7-19/h3-14,16,26H,15H2,1-2H3,(H,25,27). The molecule has 0 atom stereocenters. The van der Waals surface area contributed by atoms with Gasteiger partial charge in [0, 0.05) is 15.8 Å². The molecule has 0 bridgehead atoms. The largest absolute Gasteiger partial charge is 0.492 e. The van der Waals surface area contributed by atoms with Crippen molar-refractivity contribution in [3.8, 4) is 5.75 Å². The lowest BCUT2D eigenvalue weighted by Gasteiger charge is -2.14. The summed E-state index contributed by atoms with van der Waals surface area (Å²) in [5.74, 6) is 0.456. The first-order valence-electron chi connectivity index (χ1n) is 9.66. The lowest BCUT2D eigenvalue weighted by atomic mass is 10.1. The van der Waals surface area contributed by atoms with Crippen LogP contribution < -0.4 is 14.8 Å². The number of anilines is 2. The molecular formula is C23H23BrN2O4S. The van der Waals surface area contributed by atoms with E-state index in [1.807, 2.05) is 19.9 Å². The molecule has 3 aromatic carbocycles. The summed E-state index contributed by atoms with van der Waals surface area (Å²) in [5, 5.41) is 2.79. The van der Waals surface area contributed by atoms with E-state index in [0.717, 1.165) is 4.47 Å². The number of carbonyl (C=O) groups excluding carboxylic acids is 1. The van der Waals surface area contributed by atoms with Crippen LogP contribution >= 0.6 is 15.9 Å². The number of ether oxygens (including phenoxy) is 1. The highest BCUT2D eigenvalue weighted by Gasteiger charge is 2.16. The van der Waals surface area contributed by atoms with Crippen molar-refractivity contribution in [2.75, 3.05) is 16.6 Å². The number of para-hydroxylation sites is 1. The Balaban J connectivity index is 1.74. The molecule has 1 amide bonds. The van der Waals surface area contributed by atoms with Crippen LogP contribution in [-0.2, 0) is 10.0 Å². The number of halogens is 1. The fourth-order valence-electron chi connectivity index (χ4n) is 2.70. The number of hydrogen-bond acceptors (Lipinski definition) is 4. The van der Waals surface area contributed by atoms with Gasteiger partial charge in [0.2, 0.25) is 0 Å². The zero-order chi connectivity index (χ0) is 22.4. The van der Waals surface area contributed by atoms with E-state index in [9.17, 15) is 13.2 Å². The highest BCUT2D eigenvalue weighted by Crippen LogP contribution is 2.25. The number of sulfonamides is 1. The molecule has 3 rings (SSSR count). The van der Waals surface area contributed by atoms with Crippen molar-refractivity contribution >= 4 is 43.2 Å². The molecule has 0 unspecified atom stereocenters. The predicted octanol–water partition coefficient (Wildman–Crippen LogP) is 5.54. The first kappa shape index (κ1) is 22.8. The zero-order valence-electron chi connectivity index (χ0n) is 17.1. The minimum absolute atomic E-state index is 0.0952. The molecule has 0 spiro atoms. The van der Waals surface area contributed by atoms with Crippen LogP contribution in [0.5, 0.6) is 5.75 Å². The van der Waals surface area contributed by atoms with Gasteiger partial charge in [-0.2, -0.15) is 0 Å². The molecule has 3 aromatic rings. The van der Waals surface area contributed by atoms with Crippen molar-refractivity contribution < 1.29 is 17.9 Å². The molecule has 0 aromatic heterocycles. The summed E-state index contributed by atoms with van der Waals surface area (Å²) >= 11 is 3.38. The molecule has 0 saturated carbocycles. The lowest BCUT2D eigenvalue weighted by molar-refractivity contribution is 0.102. The van der Waals surface area contributed by atoms with Gasteiger partial charge in [0.15, 0.2) is 0 Å². The number of rotatable bonds is 8. The highest BCUT2D eigenvalue weighted by molar-refractivity contribution is 9.10. The van der Waals surface area contributed by atoms with Gasteiger partial charge in [-0.15, -0.1) is 0 Å². The molecule has 8 heteroatoms. The Morgan fingerprint density at radius 1 is 0.968 bits per heavy atom. The summed E-state index contributed by atoms with van der Waals surface area (Å²) in [6.45, 7) is 4.55. The Kier molecular flexibility index (Phi) is 7.35. The fraction of sp³-hybridized carbons (Fsp3) is 0.174. The van der Waals surface area contributed by atoms with Crippen LogP contribution in [0.4, 0.5) is 11.4 Å². The Morgan fingerprint density at radius 2 is 1.65 bits per heavy atom. The van der Waals surface area contributed by atoms with Crippen LogP contribution in [0, 0.1) is 5.92 Å². The molecule has 0 aliphatic rings. The monoisotopic (exact) mass is 502 g/mol. The first-order chi connectivity index (χ1) is 14.7. The average molecular weight is 503 g/mol. The smallest absolute Gasteiger partial charge is 0.261 e. The highest BCUT2D eigenvalue weighted by atomic mass is 79.9. The van der Waals surface area contributed by atoms with Gasteiger partial charge in [-0.05, 0) is 60.5 Å². The van der Waals surface area contributed by atoms with Gasteiger partial charge in [-0.3, -0.25) is 9.52 Å². The minimum Gasteiger partial charge on any atom is -0.492 e. The van der Waals surface area contributed by atoms with E-state index in [0.29, 0.717) is 35.2 Å². The van der Waals surface area contributed by atoms with Crippen molar-refractivity contribution in [1.29, 1.82) is 0 Å². The summed E-state index contributed by atoms with van der Waals surface area (Å²) in [5.41, 5.74) is 1.33. The third kappa shape index (κ3) is 6.32. The van der Waals surface area contributed by atoms with E-state index in [4.69, 9.17) is 4.74 Å². The van der Waals surface area contributed by atoms with Crippen molar-refractivity contribution in [3.05, 3.63) is 82.8 Å². The molecule has 0 saturated heterocycles. The third-order valence-electron chi connectivity index (χ3n) is 4.21. The zero-order valence-corrected chi connectivity index (χ0v) is 19.5. The van der Waals surface area contributed by atoms with E-state index in [2.05, 4.69) is 26.0 Å². The van der Waals surface area contributed by atoms with Gasteiger partial charge in [0.05, 0.1) is 17.1 Å². The maximum Gasteiger partial charge on any atom is 0.261 e. The molecule has 0 heterocycles. The molecule has 31 heavy (non-hydrogen) atoms. The van der Waals surface area contributed by atoms with Crippen LogP contribution in [-0.4, -0.2) is 20.9 Å². The van der Waals surface area contributed by atoms with E-state index in [-0.39, 0.29) is 10.8 Å². The normalized spacial score (nSPS) is 11.2. The topological polar surface area (TPSA) is 84.5 Å². The molecule has 162 valence electrons. The lowest BCUT2D eigenvalue weighted by Crippen LogP contribution is -2.16. The van der Waals surface area contributed by atoms with E-state index in [1.165, 1.54) is 12.1 Å². The Hall–Kier alpha value is -2.84. The summed E-state index contributed by atoms with van der Waals surface area (Å²) in [6, 6.07) is 19.9. The van der Waals surface area contributed by atoms with Crippen LogP contribution in [0.15, 0.2) is 82.2 Å². The number of nitrogens with one attached hydrogen (secondary N) is 2. The van der Waals surface area contributed by atoms with Crippen molar-refractivity contribution in [1.82, 2.24) is 0 Å². The molecule has 0 radical (unpaired) electrons. The summed E-state index contributed by atoms with van der Waals surface area (Å²) in [4.78, 5) is 12.9. The average Bonchev–Trinajstić information content (AvgIpc) is 2.73. The number of amides is 1. The third-order valence-corrected chi connectivity index (χ3v) is 6.10. The van der Waals surface area contributed by atoms with Gasteiger partial charge in [-0.25, -0.2) is 8.42 Å². The summed E-state index contributed by atoms with van der Waals surface area (Å²) in [7, 11) is -3.73. The molecule has 2 N–H and O–H groups in total. The van der Waals surface area contributed by atoms with Crippen LogP contribution in [0.1, 0.15) is 24.2 Å². The Morgan fingerprint density at radius 3 is 2.29 bits per heavy atom. The Bertz CT molecular complexity index is 1150. The molecule has 0 fully saturated rings. The van der Waals surface area contributed by atoms with Crippen molar-refractivity contribution in [3.63, 3.8) is 0 Å². The first-order valence-corrected chi connectivity index (χ1v) is 11.9. The van der Waals surface area contributed by atoms with E-state index < -0.39 is 10.0 Å². The van der Waals surface area contributed by atoms with Crippen LogP contribution in [0.2, 0.25) is 0 Å². The Labute approximate surface area is 190 Å². The molecule has 0 aliphatic heterocycles. The number of carbonyl (C=O) groups is 1. The van der Waals surface area contributed by atoms with Gasteiger partial charge in [0.25, 0.3) is 15.9 Å². The van der Waals surface area contributed by atoms with Gasteiger partial charge in [0.1, 0.15) is 5.75 Å². The second-order valence-corrected chi connectivity index (χ2v) is 9.89. The molecular weight excluding hydrogens is 480 g/mol. The SMILES string of the molecule is CC(C)COc1ccc(Br)cc1C(=O)Nc1ccc(S(=O)(=O)Nc2ccccc2)cc1. The van der Waals surface area contributed by atoms with Gasteiger partial charge < -0.3 is 10.1 Å². The quantitative estimate of drug-likeness (QED) is 0.423. The maximum atomic E-state index is 12.8. The summed E-state index contributed by atoms with van der Waals surface area (Å²) in [6.07, 6.45) is 0. The predicted molar refractivity (Wildman–Crippen MR) is 126 cm³/mol. The second kappa shape index (κ2) is 9.98. The van der Waals surface area contributed by atoms with E-state index >= 15 is 0 Å². The van der Waals surface area contributed by atoms with Crippen molar-refractivity contribution in [2.45, 2.75) is 18.7 Å².